The molecule has 0 aliphatic carbocycles. The molecule has 0 bridgehead atoms. The van der Waals surface area contributed by atoms with E-state index in [0.717, 1.165) is 0 Å². The number of nitrogens with two attached hydrogens (primary N) is 1. The lowest BCUT2D eigenvalue weighted by Crippen LogP contribution is -2.14. The Kier molecular flexibility index (Phi) is 2.88. The lowest BCUT2D eigenvalue weighted by atomic mass is 10.3. The van der Waals surface area contributed by atoms with Gasteiger partial charge in [-0.15, -0.1) is 0 Å². The van der Waals surface area contributed by atoms with Crippen molar-refractivity contribution in [2.45, 2.75) is 0 Å². The lowest BCUT2D eigenvalue weighted by molar-refractivity contribution is 0.294. The fourth-order valence-electron chi connectivity index (χ4n) is 0.753. The van der Waals surface area contributed by atoms with Gasteiger partial charge in [-0.3, -0.25) is 5.32 Å². The molecule has 12 heavy (non-hydrogen) atoms. The maximum atomic E-state index is 12.8. The molecule has 0 unspecified atom stereocenters. The molecule has 0 heterocycles. The van der Waals surface area contributed by atoms with Gasteiger partial charge in [0, 0.05) is 6.07 Å². The van der Waals surface area contributed by atoms with Crippen molar-refractivity contribution in [1.82, 2.24) is 5.32 Å². The molecule has 0 aromatic heterocycles. The highest BCUT2D eigenvalue weighted by Crippen LogP contribution is 2.17. The van der Waals surface area contributed by atoms with Gasteiger partial charge in [-0.05, 0) is 19.2 Å². The van der Waals surface area contributed by atoms with E-state index in [1.54, 1.807) is 13.1 Å². The van der Waals surface area contributed by atoms with E-state index in [2.05, 4.69) is 5.32 Å². The quantitative estimate of drug-likeness (QED) is 0.524. The molecule has 0 fully saturated rings. The second kappa shape index (κ2) is 3.92. The standard InChI is InChI=1S/C8H11FN2O/c1-11-5-12-6-2-3-8(10)7(9)4-6/h2-4,11H,5,10H2,1H3. The van der Waals surface area contributed by atoms with Gasteiger partial charge in [0.25, 0.3) is 0 Å². The van der Waals surface area contributed by atoms with Crippen molar-refractivity contribution in [1.29, 1.82) is 0 Å². The average molecular weight is 170 g/mol. The minimum absolute atomic E-state index is 0.131. The van der Waals surface area contributed by atoms with Crippen LogP contribution in [0.3, 0.4) is 0 Å². The van der Waals surface area contributed by atoms with Gasteiger partial charge in [0.15, 0.2) is 0 Å². The zero-order valence-corrected chi connectivity index (χ0v) is 6.80. The van der Waals surface area contributed by atoms with E-state index in [1.165, 1.54) is 12.1 Å². The molecule has 0 saturated heterocycles. The first kappa shape index (κ1) is 8.80. The van der Waals surface area contributed by atoms with E-state index >= 15 is 0 Å². The molecule has 4 heteroatoms. The second-order valence-corrected chi connectivity index (χ2v) is 2.33. The third-order valence-corrected chi connectivity index (χ3v) is 1.36. The number of hydrogen-bond donors (Lipinski definition) is 2. The maximum Gasteiger partial charge on any atom is 0.149 e. The van der Waals surface area contributed by atoms with Gasteiger partial charge in [-0.1, -0.05) is 0 Å². The van der Waals surface area contributed by atoms with Crippen LogP contribution in [0.4, 0.5) is 10.1 Å². The Morgan fingerprint density at radius 1 is 1.58 bits per heavy atom. The van der Waals surface area contributed by atoms with E-state index in [9.17, 15) is 4.39 Å². The minimum Gasteiger partial charge on any atom is -0.478 e. The smallest absolute Gasteiger partial charge is 0.149 e. The molecule has 0 aliphatic rings. The number of ether oxygens (including phenoxy) is 1. The molecule has 3 nitrogen and oxygen atoms in total. The summed E-state index contributed by atoms with van der Waals surface area (Å²) in [7, 11) is 1.74. The molecular weight excluding hydrogens is 159 g/mol. The van der Waals surface area contributed by atoms with E-state index in [-0.39, 0.29) is 5.69 Å². The van der Waals surface area contributed by atoms with Crippen LogP contribution in [0.2, 0.25) is 0 Å². The predicted octanol–water partition coefficient (Wildman–Crippen LogP) is 0.964. The summed E-state index contributed by atoms with van der Waals surface area (Å²) in [4.78, 5) is 0. The first-order chi connectivity index (χ1) is 5.74. The summed E-state index contributed by atoms with van der Waals surface area (Å²) in [5, 5.41) is 2.77. The lowest BCUT2D eigenvalue weighted by Gasteiger charge is -2.05. The summed E-state index contributed by atoms with van der Waals surface area (Å²) in [6.07, 6.45) is 0. The van der Waals surface area contributed by atoms with Gasteiger partial charge in [0.1, 0.15) is 18.3 Å². The van der Waals surface area contributed by atoms with Crippen molar-refractivity contribution in [2.75, 3.05) is 19.5 Å². The summed E-state index contributed by atoms with van der Waals surface area (Å²) < 4.78 is 17.9. The normalized spacial score (nSPS) is 9.83. The monoisotopic (exact) mass is 170 g/mol. The number of hydrogen-bond acceptors (Lipinski definition) is 3. The van der Waals surface area contributed by atoms with Crippen LogP contribution < -0.4 is 15.8 Å². The summed E-state index contributed by atoms with van der Waals surface area (Å²) >= 11 is 0. The van der Waals surface area contributed by atoms with Crippen LogP contribution in [0.15, 0.2) is 18.2 Å². The van der Waals surface area contributed by atoms with Crippen LogP contribution in [-0.4, -0.2) is 13.8 Å². The summed E-state index contributed by atoms with van der Waals surface area (Å²) in [6.45, 7) is 0.351. The molecule has 1 rings (SSSR count). The number of halogens is 1. The van der Waals surface area contributed by atoms with Gasteiger partial charge in [-0.25, -0.2) is 4.39 Å². The topological polar surface area (TPSA) is 47.3 Å². The van der Waals surface area contributed by atoms with Crippen molar-refractivity contribution in [3.8, 4) is 5.75 Å². The third kappa shape index (κ3) is 2.10. The molecule has 0 aliphatic heterocycles. The Balaban J connectivity index is 2.69. The van der Waals surface area contributed by atoms with Crippen LogP contribution >= 0.6 is 0 Å². The highest BCUT2D eigenvalue weighted by atomic mass is 19.1. The molecule has 0 saturated carbocycles. The summed E-state index contributed by atoms with van der Waals surface area (Å²) in [5.74, 6) is 0.0136. The van der Waals surface area contributed by atoms with Gasteiger partial charge >= 0.3 is 0 Å². The molecule has 0 spiro atoms. The van der Waals surface area contributed by atoms with Crippen molar-refractivity contribution < 1.29 is 9.13 Å². The minimum atomic E-state index is -0.455. The van der Waals surface area contributed by atoms with Crippen molar-refractivity contribution in [3.63, 3.8) is 0 Å². The highest BCUT2D eigenvalue weighted by Gasteiger charge is 1.99. The summed E-state index contributed by atoms with van der Waals surface area (Å²) in [6, 6.07) is 4.35. The number of rotatable bonds is 3. The number of anilines is 1. The average Bonchev–Trinajstić information content (AvgIpc) is 2.07. The fraction of sp³-hybridized carbons (Fsp3) is 0.250. The van der Waals surface area contributed by atoms with Crippen molar-refractivity contribution in [3.05, 3.63) is 24.0 Å². The number of nitrogens with one attached hydrogen (secondary N) is 1. The first-order valence-electron chi connectivity index (χ1n) is 3.56. The second-order valence-electron chi connectivity index (χ2n) is 2.33. The molecule has 0 radical (unpaired) electrons. The van der Waals surface area contributed by atoms with Crippen LogP contribution in [0, 0.1) is 5.82 Å². The van der Waals surface area contributed by atoms with Gasteiger partial charge < -0.3 is 10.5 Å². The Hall–Kier alpha value is -1.29. The van der Waals surface area contributed by atoms with Crippen molar-refractivity contribution in [2.24, 2.45) is 0 Å². The fourth-order valence-corrected chi connectivity index (χ4v) is 0.753. The van der Waals surface area contributed by atoms with E-state index < -0.39 is 5.82 Å². The highest BCUT2D eigenvalue weighted by molar-refractivity contribution is 5.43. The van der Waals surface area contributed by atoms with Crippen LogP contribution in [-0.2, 0) is 0 Å². The number of benzene rings is 1. The predicted molar refractivity (Wildman–Crippen MR) is 45.4 cm³/mol. The van der Waals surface area contributed by atoms with Crippen LogP contribution in [0.5, 0.6) is 5.75 Å². The van der Waals surface area contributed by atoms with E-state index in [4.69, 9.17) is 10.5 Å². The Bertz CT molecular complexity index is 265. The zero-order chi connectivity index (χ0) is 8.97. The Morgan fingerprint density at radius 3 is 2.92 bits per heavy atom. The number of nitrogen functional groups attached to an aromatic ring is 1. The zero-order valence-electron chi connectivity index (χ0n) is 6.80. The Morgan fingerprint density at radius 2 is 2.33 bits per heavy atom. The molecule has 3 N–H and O–H groups in total. The molecular formula is C8H11FN2O. The van der Waals surface area contributed by atoms with Crippen LogP contribution in [0.1, 0.15) is 0 Å². The van der Waals surface area contributed by atoms with Crippen LogP contribution in [0.25, 0.3) is 0 Å². The van der Waals surface area contributed by atoms with Crippen molar-refractivity contribution >= 4 is 5.69 Å². The molecule has 0 atom stereocenters. The van der Waals surface area contributed by atoms with Gasteiger partial charge in [-0.2, -0.15) is 0 Å². The first-order valence-corrected chi connectivity index (χ1v) is 3.56. The van der Waals surface area contributed by atoms with Gasteiger partial charge in [0.2, 0.25) is 0 Å². The van der Waals surface area contributed by atoms with Gasteiger partial charge in [0.05, 0.1) is 5.69 Å². The molecule has 1 aromatic rings. The third-order valence-electron chi connectivity index (χ3n) is 1.36. The molecule has 0 amide bonds. The SMILES string of the molecule is CNCOc1ccc(N)c(F)c1. The maximum absolute atomic E-state index is 12.8. The summed E-state index contributed by atoms with van der Waals surface area (Å²) in [5.41, 5.74) is 5.40. The van der Waals surface area contributed by atoms with E-state index in [0.29, 0.717) is 12.5 Å². The molecule has 66 valence electrons. The Labute approximate surface area is 70.3 Å². The van der Waals surface area contributed by atoms with E-state index in [1.807, 2.05) is 0 Å². The molecule has 1 aromatic carbocycles. The largest absolute Gasteiger partial charge is 0.478 e.